The highest BCUT2D eigenvalue weighted by molar-refractivity contribution is 7.80. The van der Waals surface area contributed by atoms with Crippen LogP contribution < -0.4 is 10.1 Å². The van der Waals surface area contributed by atoms with Gasteiger partial charge in [0.1, 0.15) is 5.75 Å². The molecular formula is C20H25NOS. The summed E-state index contributed by atoms with van der Waals surface area (Å²) in [6.07, 6.45) is 3.87. The number of hydrogen-bond donors (Lipinski definition) is 2. The molecule has 23 heavy (non-hydrogen) atoms. The van der Waals surface area contributed by atoms with Crippen LogP contribution in [0.5, 0.6) is 5.75 Å². The van der Waals surface area contributed by atoms with Crippen LogP contribution in [-0.2, 0) is 6.54 Å². The molecule has 0 aliphatic heterocycles. The van der Waals surface area contributed by atoms with Gasteiger partial charge >= 0.3 is 0 Å². The Hall–Kier alpha value is -1.71. The van der Waals surface area contributed by atoms with Gasteiger partial charge < -0.3 is 10.1 Å². The first-order chi connectivity index (χ1) is 11.2. The van der Waals surface area contributed by atoms with Gasteiger partial charge in [0.25, 0.3) is 0 Å². The third-order valence-electron chi connectivity index (χ3n) is 3.90. The van der Waals surface area contributed by atoms with Gasteiger partial charge in [0.15, 0.2) is 0 Å². The molecule has 2 nitrogen and oxygen atoms in total. The van der Waals surface area contributed by atoms with E-state index in [1.807, 2.05) is 24.3 Å². The van der Waals surface area contributed by atoms with Crippen LogP contribution in [0.2, 0.25) is 0 Å². The summed E-state index contributed by atoms with van der Waals surface area (Å²) < 4.78 is 5.19. The van der Waals surface area contributed by atoms with Crippen molar-refractivity contribution in [3.05, 3.63) is 78.4 Å². The Balaban J connectivity index is 1.91. The molecule has 2 aromatic rings. The first-order valence-electron chi connectivity index (χ1n) is 7.93. The molecule has 0 saturated carbocycles. The van der Waals surface area contributed by atoms with Gasteiger partial charge in [0.2, 0.25) is 0 Å². The minimum absolute atomic E-state index is 0.226. The zero-order chi connectivity index (χ0) is 16.5. The summed E-state index contributed by atoms with van der Waals surface area (Å²) in [5.41, 5.74) is 2.51. The Morgan fingerprint density at radius 2 is 1.83 bits per heavy atom. The number of benzene rings is 2. The zero-order valence-corrected chi connectivity index (χ0v) is 14.5. The fourth-order valence-corrected chi connectivity index (χ4v) is 2.98. The van der Waals surface area contributed by atoms with Crippen LogP contribution in [0, 0.1) is 0 Å². The molecule has 0 amide bonds. The lowest BCUT2D eigenvalue weighted by Crippen LogP contribution is -2.29. The SMILES string of the molecule is C=CC[C@@H](C[C@@H](S)c1ccccc1)NCc1ccc(OC)cc1. The van der Waals surface area contributed by atoms with Crippen molar-refractivity contribution in [3.8, 4) is 5.75 Å². The van der Waals surface area contributed by atoms with Crippen LogP contribution in [0.3, 0.4) is 0 Å². The van der Waals surface area contributed by atoms with Crippen LogP contribution in [0.15, 0.2) is 67.3 Å². The molecule has 0 radical (unpaired) electrons. The van der Waals surface area contributed by atoms with Crippen LogP contribution in [0.4, 0.5) is 0 Å². The summed E-state index contributed by atoms with van der Waals surface area (Å²) in [6, 6.07) is 18.9. The largest absolute Gasteiger partial charge is 0.497 e. The van der Waals surface area contributed by atoms with Crippen molar-refractivity contribution in [2.75, 3.05) is 7.11 Å². The van der Waals surface area contributed by atoms with Crippen LogP contribution in [0.25, 0.3) is 0 Å². The van der Waals surface area contributed by atoms with Gasteiger partial charge in [0, 0.05) is 17.8 Å². The molecule has 0 bridgehead atoms. The highest BCUT2D eigenvalue weighted by atomic mass is 32.1. The summed E-state index contributed by atoms with van der Waals surface area (Å²) in [5, 5.41) is 3.84. The number of nitrogens with one attached hydrogen (secondary N) is 1. The molecule has 0 heterocycles. The van der Waals surface area contributed by atoms with E-state index >= 15 is 0 Å². The Kier molecular flexibility index (Phi) is 7.24. The van der Waals surface area contributed by atoms with Crippen LogP contribution >= 0.6 is 12.6 Å². The number of hydrogen-bond acceptors (Lipinski definition) is 3. The summed E-state index contributed by atoms with van der Waals surface area (Å²) >= 11 is 4.77. The Labute approximate surface area is 145 Å². The van der Waals surface area contributed by atoms with Crippen molar-refractivity contribution < 1.29 is 4.74 Å². The fraction of sp³-hybridized carbons (Fsp3) is 0.300. The second-order valence-corrected chi connectivity index (χ2v) is 6.24. The van der Waals surface area contributed by atoms with E-state index in [2.05, 4.69) is 48.3 Å². The predicted octanol–water partition coefficient (Wildman–Crippen LogP) is 4.79. The summed E-state index contributed by atoms with van der Waals surface area (Å²) in [6.45, 7) is 4.71. The van der Waals surface area contributed by atoms with Crippen LogP contribution in [-0.4, -0.2) is 13.2 Å². The molecule has 3 heteroatoms. The molecule has 1 N–H and O–H groups in total. The maximum absolute atomic E-state index is 5.19. The smallest absolute Gasteiger partial charge is 0.118 e. The number of ether oxygens (including phenoxy) is 1. The molecule has 0 aliphatic rings. The molecule has 122 valence electrons. The lowest BCUT2D eigenvalue weighted by Gasteiger charge is -2.21. The van der Waals surface area contributed by atoms with Gasteiger partial charge in [-0.25, -0.2) is 0 Å². The predicted molar refractivity (Wildman–Crippen MR) is 101 cm³/mol. The molecule has 0 fully saturated rings. The van der Waals surface area contributed by atoms with Crippen molar-refractivity contribution >= 4 is 12.6 Å². The van der Waals surface area contributed by atoms with E-state index in [1.165, 1.54) is 11.1 Å². The molecule has 0 aliphatic carbocycles. The first kappa shape index (κ1) is 17.6. The highest BCUT2D eigenvalue weighted by Gasteiger charge is 2.14. The third kappa shape index (κ3) is 5.77. The van der Waals surface area contributed by atoms with E-state index in [-0.39, 0.29) is 5.25 Å². The third-order valence-corrected chi connectivity index (χ3v) is 4.41. The Morgan fingerprint density at radius 1 is 1.13 bits per heavy atom. The van der Waals surface area contributed by atoms with Gasteiger partial charge in [-0.2, -0.15) is 12.6 Å². The molecule has 0 saturated heterocycles. The quantitative estimate of drug-likeness (QED) is 0.510. The highest BCUT2D eigenvalue weighted by Crippen LogP contribution is 2.26. The summed E-state index contributed by atoms with van der Waals surface area (Å²) in [7, 11) is 1.68. The maximum atomic E-state index is 5.19. The standard InChI is InChI=1S/C20H25NOS/c1-3-7-18(14-20(23)17-8-5-4-6-9-17)21-15-16-10-12-19(22-2)13-11-16/h3-6,8-13,18,20-21,23H,1,7,14-15H2,2H3/t18-,20+/m0/s1. The molecule has 2 atom stereocenters. The topological polar surface area (TPSA) is 21.3 Å². The Morgan fingerprint density at radius 3 is 2.43 bits per heavy atom. The Bertz CT molecular complexity index is 582. The monoisotopic (exact) mass is 327 g/mol. The van der Waals surface area contributed by atoms with Crippen LogP contribution in [0.1, 0.15) is 29.2 Å². The van der Waals surface area contributed by atoms with Gasteiger partial charge in [-0.05, 0) is 36.1 Å². The molecule has 0 aromatic heterocycles. The number of methoxy groups -OCH3 is 1. The molecule has 2 rings (SSSR count). The van der Waals surface area contributed by atoms with Gasteiger partial charge in [0.05, 0.1) is 7.11 Å². The van der Waals surface area contributed by atoms with Crippen molar-refractivity contribution in [1.29, 1.82) is 0 Å². The minimum Gasteiger partial charge on any atom is -0.497 e. The minimum atomic E-state index is 0.226. The van der Waals surface area contributed by atoms with E-state index in [0.717, 1.165) is 25.1 Å². The zero-order valence-electron chi connectivity index (χ0n) is 13.6. The van der Waals surface area contributed by atoms with Crippen molar-refractivity contribution in [1.82, 2.24) is 5.32 Å². The number of thiol groups is 1. The van der Waals surface area contributed by atoms with Gasteiger partial charge in [-0.15, -0.1) is 6.58 Å². The summed E-state index contributed by atoms with van der Waals surface area (Å²) in [4.78, 5) is 0. The van der Waals surface area contributed by atoms with E-state index in [1.54, 1.807) is 7.11 Å². The molecule has 0 spiro atoms. The number of rotatable bonds is 9. The van der Waals surface area contributed by atoms with Crippen molar-refractivity contribution in [3.63, 3.8) is 0 Å². The van der Waals surface area contributed by atoms with Crippen molar-refractivity contribution in [2.45, 2.75) is 30.7 Å². The molecular weight excluding hydrogens is 302 g/mol. The maximum Gasteiger partial charge on any atom is 0.118 e. The lowest BCUT2D eigenvalue weighted by atomic mass is 10.0. The van der Waals surface area contributed by atoms with E-state index in [9.17, 15) is 0 Å². The second-order valence-electron chi connectivity index (χ2n) is 5.61. The van der Waals surface area contributed by atoms with Gasteiger partial charge in [-0.3, -0.25) is 0 Å². The van der Waals surface area contributed by atoms with E-state index in [0.29, 0.717) is 6.04 Å². The molecule has 2 aromatic carbocycles. The lowest BCUT2D eigenvalue weighted by molar-refractivity contribution is 0.414. The average molecular weight is 327 g/mol. The van der Waals surface area contributed by atoms with Gasteiger partial charge in [-0.1, -0.05) is 48.5 Å². The average Bonchev–Trinajstić information content (AvgIpc) is 2.61. The molecule has 0 unspecified atom stereocenters. The van der Waals surface area contributed by atoms with E-state index in [4.69, 9.17) is 17.4 Å². The fourth-order valence-electron chi connectivity index (χ4n) is 2.55. The van der Waals surface area contributed by atoms with Crippen molar-refractivity contribution in [2.24, 2.45) is 0 Å². The summed E-state index contributed by atoms with van der Waals surface area (Å²) in [5.74, 6) is 0.885. The first-order valence-corrected chi connectivity index (χ1v) is 8.44. The normalized spacial score (nSPS) is 13.3. The van der Waals surface area contributed by atoms with E-state index < -0.39 is 0 Å². The second kappa shape index (κ2) is 9.43.